The molecule has 0 fully saturated rings. The molecule has 0 nitrogen and oxygen atoms in total. The van der Waals surface area contributed by atoms with Gasteiger partial charge in [-0.25, -0.2) is 0 Å². The monoisotopic (exact) mass is 630 g/mol. The van der Waals surface area contributed by atoms with Crippen molar-refractivity contribution < 1.29 is 0 Å². The fourth-order valence-corrected chi connectivity index (χ4v) is 9.91. The van der Waals surface area contributed by atoms with Crippen molar-refractivity contribution in [3.05, 3.63) is 156 Å². The zero-order chi connectivity index (χ0) is 32.8. The molecule has 0 bridgehead atoms. The van der Waals surface area contributed by atoms with Crippen LogP contribution in [0.1, 0.15) is 22.3 Å². The van der Waals surface area contributed by atoms with E-state index in [0.29, 0.717) is 0 Å². The average molecular weight is 631 g/mol. The van der Waals surface area contributed by atoms with Crippen LogP contribution in [-0.2, 0) is 0 Å². The predicted molar refractivity (Wildman–Crippen MR) is 216 cm³/mol. The number of hydrogen-bond acceptors (Lipinski definition) is 0. The maximum Gasteiger partial charge on any atom is -0.000720 e. The van der Waals surface area contributed by atoms with Gasteiger partial charge in [0.25, 0.3) is 0 Å². The summed E-state index contributed by atoms with van der Waals surface area (Å²) in [6, 6.07) is 50.8. The Labute approximate surface area is 289 Å². The van der Waals surface area contributed by atoms with Gasteiger partial charge in [0.15, 0.2) is 0 Å². The highest BCUT2D eigenvalue weighted by molar-refractivity contribution is 6.40. The van der Waals surface area contributed by atoms with E-state index >= 15 is 0 Å². The Morgan fingerprint density at radius 1 is 0.320 bits per heavy atom. The Bertz CT molecular complexity index is 3120. The van der Waals surface area contributed by atoms with Crippen LogP contribution < -0.4 is 0 Å². The van der Waals surface area contributed by atoms with Crippen LogP contribution >= 0.6 is 0 Å². The fourth-order valence-electron chi connectivity index (χ4n) is 9.91. The molecule has 0 heterocycles. The summed E-state index contributed by atoms with van der Waals surface area (Å²) < 4.78 is 0. The first kappa shape index (κ1) is 26.7. The highest BCUT2D eigenvalue weighted by Crippen LogP contribution is 2.60. The minimum atomic E-state index is 1.27. The molecule has 0 heteroatoms. The molecule has 2 aliphatic rings. The Kier molecular flexibility index (Phi) is 4.94. The number of hydrogen-bond donors (Lipinski definition) is 0. The molecule has 0 atom stereocenters. The standard InChI is InChI=1S/C50H30/c1-27-8-7-9-28(2)42(27)48-35-13-6-5-12-34(35)44(33-17-14-29-10-3-4-11-32(29)26-33)49-40-24-22-38-36-20-18-30-15-16-31-19-21-37(45(36)43(30)31)39-23-25-41(50(48)49)47(40)46(38)39/h3-26H,1-2H3. The first-order chi connectivity index (χ1) is 24.7. The third kappa shape index (κ3) is 3.18. The lowest BCUT2D eigenvalue weighted by Gasteiger charge is -2.22. The molecule has 0 radical (unpaired) electrons. The largest absolute Gasteiger partial charge is 0.0617 e. The van der Waals surface area contributed by atoms with Crippen LogP contribution in [0, 0.1) is 13.8 Å². The van der Waals surface area contributed by atoms with E-state index in [9.17, 15) is 0 Å². The lowest BCUT2D eigenvalue weighted by Crippen LogP contribution is -1.96. The second-order valence-electron chi connectivity index (χ2n) is 14.4. The summed E-state index contributed by atoms with van der Waals surface area (Å²) in [5, 5.41) is 16.1. The number of benzene rings is 10. The molecule has 0 saturated carbocycles. The van der Waals surface area contributed by atoms with Gasteiger partial charge in [0.05, 0.1) is 0 Å². The zero-order valence-electron chi connectivity index (χ0n) is 27.9. The highest BCUT2D eigenvalue weighted by Gasteiger charge is 2.33. The Hall–Kier alpha value is -6.24. The van der Waals surface area contributed by atoms with Crippen LogP contribution in [0.15, 0.2) is 133 Å². The van der Waals surface area contributed by atoms with E-state index in [2.05, 4.69) is 159 Å². The van der Waals surface area contributed by atoms with Gasteiger partial charge < -0.3 is 0 Å². The van der Waals surface area contributed by atoms with Crippen molar-refractivity contribution in [2.45, 2.75) is 13.8 Å². The van der Waals surface area contributed by atoms with E-state index < -0.39 is 0 Å². The molecule has 0 unspecified atom stereocenters. The molecule has 0 amide bonds. The Morgan fingerprint density at radius 2 is 0.860 bits per heavy atom. The topological polar surface area (TPSA) is 0 Å². The van der Waals surface area contributed by atoms with Gasteiger partial charge in [0.1, 0.15) is 0 Å². The maximum atomic E-state index is 2.44. The van der Waals surface area contributed by atoms with Crippen LogP contribution in [0.2, 0.25) is 0 Å². The first-order valence-corrected chi connectivity index (χ1v) is 17.7. The third-order valence-corrected chi connectivity index (χ3v) is 11.9. The molecular weight excluding hydrogens is 601 g/mol. The van der Waals surface area contributed by atoms with Crippen LogP contribution in [0.5, 0.6) is 0 Å². The number of aryl methyl sites for hydroxylation is 2. The molecule has 0 saturated heterocycles. The average Bonchev–Trinajstić information content (AvgIpc) is 3.73. The Balaban J connectivity index is 1.31. The molecule has 0 N–H and O–H groups in total. The van der Waals surface area contributed by atoms with E-state index in [0.717, 1.165) is 0 Å². The lowest BCUT2D eigenvalue weighted by atomic mass is 9.80. The summed E-state index contributed by atoms with van der Waals surface area (Å²) in [5.74, 6) is 0. The second kappa shape index (κ2) is 9.26. The quantitative estimate of drug-likeness (QED) is 0.132. The molecule has 12 rings (SSSR count). The molecule has 10 aromatic rings. The normalized spacial score (nSPS) is 12.9. The summed E-state index contributed by atoms with van der Waals surface area (Å²) in [6.07, 6.45) is 4.54. The van der Waals surface area contributed by atoms with Crippen molar-refractivity contribution in [2.24, 2.45) is 0 Å². The molecular formula is C50H30. The van der Waals surface area contributed by atoms with Crippen molar-refractivity contribution in [2.75, 3.05) is 0 Å². The van der Waals surface area contributed by atoms with Gasteiger partial charge in [-0.05, 0) is 151 Å². The molecule has 0 spiro atoms. The van der Waals surface area contributed by atoms with Crippen LogP contribution in [-0.4, -0.2) is 0 Å². The molecule has 230 valence electrons. The van der Waals surface area contributed by atoms with Gasteiger partial charge >= 0.3 is 0 Å². The molecule has 0 aliphatic heterocycles. The third-order valence-electron chi connectivity index (χ3n) is 11.9. The van der Waals surface area contributed by atoms with Crippen LogP contribution in [0.3, 0.4) is 0 Å². The summed E-state index contributed by atoms with van der Waals surface area (Å²) in [5.41, 5.74) is 16.0. The number of fused-ring (bicyclic) bond motifs is 7. The fraction of sp³-hybridized carbons (Fsp3) is 0.0400. The Morgan fingerprint density at radius 3 is 1.52 bits per heavy atom. The minimum Gasteiger partial charge on any atom is -0.0617 e. The van der Waals surface area contributed by atoms with Crippen molar-refractivity contribution >= 4 is 76.8 Å². The van der Waals surface area contributed by atoms with E-state index in [1.54, 1.807) is 0 Å². The van der Waals surface area contributed by atoms with E-state index in [4.69, 9.17) is 0 Å². The molecule has 50 heavy (non-hydrogen) atoms. The molecule has 0 aromatic heterocycles. The van der Waals surface area contributed by atoms with E-state index in [1.165, 1.54) is 131 Å². The van der Waals surface area contributed by atoms with Crippen LogP contribution in [0.25, 0.3) is 121 Å². The zero-order valence-corrected chi connectivity index (χ0v) is 27.9. The van der Waals surface area contributed by atoms with Gasteiger partial charge in [0, 0.05) is 0 Å². The highest BCUT2D eigenvalue weighted by atomic mass is 14.3. The summed E-state index contributed by atoms with van der Waals surface area (Å²) in [7, 11) is 0. The first-order valence-electron chi connectivity index (χ1n) is 17.7. The summed E-state index contributed by atoms with van der Waals surface area (Å²) in [6.45, 7) is 4.55. The van der Waals surface area contributed by atoms with E-state index in [1.807, 2.05) is 0 Å². The SMILES string of the molecule is Cc1cccc(C)c1-c1c2c(c(-c3ccc4ccccc4c3)c3ccccc13)-c1ccc3c4ccc5c6c(ccc(c7ccc-2c1c37)c64)C=C5. The van der Waals surface area contributed by atoms with Gasteiger partial charge in [-0.2, -0.15) is 0 Å². The minimum absolute atomic E-state index is 1.27. The van der Waals surface area contributed by atoms with Gasteiger partial charge in [-0.15, -0.1) is 0 Å². The van der Waals surface area contributed by atoms with Crippen LogP contribution in [0.4, 0.5) is 0 Å². The maximum absolute atomic E-state index is 2.44. The van der Waals surface area contributed by atoms with Gasteiger partial charge in [-0.1, -0.05) is 140 Å². The molecule has 2 aliphatic carbocycles. The molecule has 10 aromatic carbocycles. The van der Waals surface area contributed by atoms with Crippen molar-refractivity contribution in [3.63, 3.8) is 0 Å². The van der Waals surface area contributed by atoms with E-state index in [-0.39, 0.29) is 0 Å². The van der Waals surface area contributed by atoms with Gasteiger partial charge in [0.2, 0.25) is 0 Å². The van der Waals surface area contributed by atoms with Gasteiger partial charge in [-0.3, -0.25) is 0 Å². The predicted octanol–water partition coefficient (Wildman–Crippen LogP) is 14.1. The summed E-state index contributed by atoms with van der Waals surface area (Å²) in [4.78, 5) is 0. The van der Waals surface area contributed by atoms with Crippen molar-refractivity contribution in [1.29, 1.82) is 0 Å². The van der Waals surface area contributed by atoms with Crippen molar-refractivity contribution in [3.8, 4) is 44.5 Å². The smallest absolute Gasteiger partial charge is 0.000720 e. The second-order valence-corrected chi connectivity index (χ2v) is 14.4. The lowest BCUT2D eigenvalue weighted by molar-refractivity contribution is 1.39. The number of rotatable bonds is 2. The summed E-state index contributed by atoms with van der Waals surface area (Å²) >= 11 is 0. The van der Waals surface area contributed by atoms with Crippen molar-refractivity contribution in [1.82, 2.24) is 0 Å².